The maximum Gasteiger partial charge on any atom is 0.136 e. The molecule has 0 saturated carbocycles. The van der Waals surface area contributed by atoms with E-state index in [1.807, 2.05) is 0 Å². The van der Waals surface area contributed by atoms with Gasteiger partial charge in [0.05, 0.1) is 11.1 Å². The molecule has 0 fully saturated rings. The summed E-state index contributed by atoms with van der Waals surface area (Å²) in [5.41, 5.74) is 19.0. The molecular weight excluding hydrogens is 811 g/mol. The first kappa shape index (κ1) is 38.7. The molecule has 1 aromatic heterocycles. The molecule has 0 radical (unpaired) electrons. The van der Waals surface area contributed by atoms with E-state index in [1.165, 1.54) is 60.8 Å². The number of fused-ring (bicyclic) bond motifs is 7. The molecule has 1 aliphatic carbocycles. The lowest BCUT2D eigenvalue weighted by Gasteiger charge is -2.35. The molecule has 0 saturated heterocycles. The van der Waals surface area contributed by atoms with E-state index in [9.17, 15) is 0 Å². The lowest BCUT2D eigenvalue weighted by molar-refractivity contribution is 0.669. The maximum absolute atomic E-state index is 6.50. The van der Waals surface area contributed by atoms with Crippen LogP contribution in [0.2, 0.25) is 0 Å². The first-order chi connectivity index (χ1) is 33.2. The Balaban J connectivity index is 1.02. The highest BCUT2D eigenvalue weighted by atomic mass is 16.3. The average molecular weight is 854 g/mol. The molecule has 0 spiro atoms. The van der Waals surface area contributed by atoms with Crippen LogP contribution in [0.25, 0.3) is 77.2 Å². The third-order valence-corrected chi connectivity index (χ3v) is 13.9. The van der Waals surface area contributed by atoms with Gasteiger partial charge in [-0.1, -0.05) is 200 Å². The van der Waals surface area contributed by atoms with Gasteiger partial charge < -0.3 is 9.32 Å². The standard InChI is InChI=1S/C65H43NO/c1-4-17-44(18-5-1)46-21-16-22-47(39-46)45-31-34-53(35-32-45)66(62-30-15-13-27-55(62)50-33-38-63-58(41-50)59-40-48-19-10-11-20-49(48)42-64(59)67-63)54-36-37-57-56-28-12-14-29-60(56)65(61(57)43-54,51-23-6-2-7-24-51)52-25-8-3-9-26-52/h1-43H. The molecule has 0 N–H and O–H groups in total. The Morgan fingerprint density at radius 3 is 1.57 bits per heavy atom. The van der Waals surface area contributed by atoms with Crippen LogP contribution in [0.4, 0.5) is 17.1 Å². The molecule has 13 rings (SSSR count). The van der Waals surface area contributed by atoms with E-state index in [4.69, 9.17) is 4.42 Å². The molecule has 12 aromatic rings. The maximum atomic E-state index is 6.50. The largest absolute Gasteiger partial charge is 0.456 e. The average Bonchev–Trinajstić information content (AvgIpc) is 3.91. The fraction of sp³-hybridized carbons (Fsp3) is 0.0154. The second-order valence-corrected chi connectivity index (χ2v) is 17.6. The monoisotopic (exact) mass is 853 g/mol. The number of rotatable bonds is 8. The van der Waals surface area contributed by atoms with Crippen LogP contribution < -0.4 is 4.90 Å². The first-order valence-corrected chi connectivity index (χ1v) is 23.1. The van der Waals surface area contributed by atoms with Gasteiger partial charge in [-0.05, 0) is 133 Å². The Hall–Kier alpha value is -8.72. The van der Waals surface area contributed by atoms with Crippen LogP contribution in [0.1, 0.15) is 22.3 Å². The quantitative estimate of drug-likeness (QED) is 0.151. The van der Waals surface area contributed by atoms with Crippen LogP contribution in [0.3, 0.4) is 0 Å². The van der Waals surface area contributed by atoms with Crippen LogP contribution in [0.15, 0.2) is 265 Å². The minimum absolute atomic E-state index is 0.541. The molecule has 2 heteroatoms. The lowest BCUT2D eigenvalue weighted by atomic mass is 9.67. The first-order valence-electron chi connectivity index (χ1n) is 23.1. The van der Waals surface area contributed by atoms with Gasteiger partial charge >= 0.3 is 0 Å². The smallest absolute Gasteiger partial charge is 0.136 e. The van der Waals surface area contributed by atoms with Crippen molar-refractivity contribution in [1.82, 2.24) is 0 Å². The third-order valence-electron chi connectivity index (χ3n) is 13.9. The number of para-hydroxylation sites is 1. The summed E-state index contributed by atoms with van der Waals surface area (Å²) < 4.78 is 6.50. The van der Waals surface area contributed by atoms with Crippen LogP contribution in [0.5, 0.6) is 0 Å². The summed E-state index contributed by atoms with van der Waals surface area (Å²) in [6.07, 6.45) is 0. The molecule has 0 atom stereocenters. The molecule has 314 valence electrons. The molecular formula is C65H43NO. The highest BCUT2D eigenvalue weighted by Crippen LogP contribution is 2.57. The summed E-state index contributed by atoms with van der Waals surface area (Å²) in [6.45, 7) is 0. The fourth-order valence-electron chi connectivity index (χ4n) is 10.9. The minimum atomic E-state index is -0.541. The van der Waals surface area contributed by atoms with Crippen molar-refractivity contribution in [3.05, 3.63) is 283 Å². The van der Waals surface area contributed by atoms with Crippen LogP contribution in [-0.4, -0.2) is 0 Å². The van der Waals surface area contributed by atoms with E-state index in [2.05, 4.69) is 266 Å². The highest BCUT2D eigenvalue weighted by Gasteiger charge is 2.46. The van der Waals surface area contributed by atoms with Gasteiger partial charge in [-0.3, -0.25) is 0 Å². The molecule has 1 aliphatic rings. The van der Waals surface area contributed by atoms with E-state index >= 15 is 0 Å². The van der Waals surface area contributed by atoms with E-state index in [1.54, 1.807) is 0 Å². The fourth-order valence-corrected chi connectivity index (χ4v) is 10.9. The van der Waals surface area contributed by atoms with Crippen molar-refractivity contribution < 1.29 is 4.42 Å². The van der Waals surface area contributed by atoms with Crippen LogP contribution >= 0.6 is 0 Å². The molecule has 11 aromatic carbocycles. The number of hydrogen-bond donors (Lipinski definition) is 0. The molecule has 67 heavy (non-hydrogen) atoms. The summed E-state index contributed by atoms with van der Waals surface area (Å²) in [7, 11) is 0. The van der Waals surface area contributed by atoms with Gasteiger partial charge in [0.15, 0.2) is 0 Å². The van der Waals surface area contributed by atoms with Gasteiger partial charge in [-0.15, -0.1) is 0 Å². The van der Waals surface area contributed by atoms with Crippen LogP contribution in [-0.2, 0) is 5.41 Å². The zero-order chi connectivity index (χ0) is 44.3. The Bertz CT molecular complexity index is 3760. The van der Waals surface area contributed by atoms with E-state index in [-0.39, 0.29) is 0 Å². The minimum Gasteiger partial charge on any atom is -0.456 e. The predicted octanol–water partition coefficient (Wildman–Crippen LogP) is 17.6. The van der Waals surface area contributed by atoms with Crippen LogP contribution in [0, 0.1) is 0 Å². The summed E-state index contributed by atoms with van der Waals surface area (Å²) in [6, 6.07) is 95.2. The summed E-state index contributed by atoms with van der Waals surface area (Å²) >= 11 is 0. The molecule has 0 amide bonds. The van der Waals surface area contributed by atoms with E-state index in [0.29, 0.717) is 0 Å². The van der Waals surface area contributed by atoms with Crippen molar-refractivity contribution in [3.63, 3.8) is 0 Å². The predicted molar refractivity (Wildman–Crippen MR) is 280 cm³/mol. The number of hydrogen-bond acceptors (Lipinski definition) is 2. The highest BCUT2D eigenvalue weighted by molar-refractivity contribution is 6.11. The topological polar surface area (TPSA) is 16.4 Å². The van der Waals surface area contributed by atoms with Crippen molar-refractivity contribution in [2.45, 2.75) is 5.41 Å². The summed E-state index contributed by atoms with van der Waals surface area (Å²) in [5, 5.41) is 4.59. The Kier molecular flexibility index (Phi) is 9.11. The van der Waals surface area contributed by atoms with Crippen molar-refractivity contribution >= 4 is 49.8 Å². The van der Waals surface area contributed by atoms with Gasteiger partial charge in [0.1, 0.15) is 11.2 Å². The van der Waals surface area contributed by atoms with E-state index in [0.717, 1.165) is 55.7 Å². The normalized spacial score (nSPS) is 12.6. The lowest BCUT2D eigenvalue weighted by Crippen LogP contribution is -2.28. The van der Waals surface area contributed by atoms with Crippen molar-refractivity contribution in [2.24, 2.45) is 0 Å². The van der Waals surface area contributed by atoms with E-state index < -0.39 is 5.41 Å². The molecule has 0 aliphatic heterocycles. The summed E-state index contributed by atoms with van der Waals surface area (Å²) in [5.74, 6) is 0. The second kappa shape index (κ2) is 15.8. The molecule has 0 bridgehead atoms. The molecule has 2 nitrogen and oxygen atoms in total. The van der Waals surface area contributed by atoms with Gasteiger partial charge in [0.2, 0.25) is 0 Å². The number of nitrogens with zero attached hydrogens (tertiary/aromatic N) is 1. The third kappa shape index (κ3) is 6.33. The zero-order valence-corrected chi connectivity index (χ0v) is 36.7. The van der Waals surface area contributed by atoms with Crippen molar-refractivity contribution in [1.29, 1.82) is 0 Å². The molecule has 1 heterocycles. The van der Waals surface area contributed by atoms with Gasteiger partial charge in [-0.2, -0.15) is 0 Å². The Morgan fingerprint density at radius 2 is 0.836 bits per heavy atom. The van der Waals surface area contributed by atoms with Gasteiger partial charge in [0.25, 0.3) is 0 Å². The number of anilines is 3. The Morgan fingerprint density at radius 1 is 0.299 bits per heavy atom. The number of benzene rings is 11. The molecule has 0 unspecified atom stereocenters. The van der Waals surface area contributed by atoms with Gasteiger partial charge in [-0.25, -0.2) is 0 Å². The summed E-state index contributed by atoms with van der Waals surface area (Å²) in [4.78, 5) is 2.45. The number of furan rings is 1. The van der Waals surface area contributed by atoms with Crippen molar-refractivity contribution in [2.75, 3.05) is 4.90 Å². The SMILES string of the molecule is c1ccc(-c2cccc(-c3ccc(N(c4ccc5c(c4)C(c4ccccc4)(c4ccccc4)c4ccccc4-5)c4ccccc4-c4ccc5oc6cc7ccccc7cc6c5c4)cc3)c2)cc1. The van der Waals surface area contributed by atoms with Crippen molar-refractivity contribution in [3.8, 4) is 44.5 Å². The Labute approximate surface area is 390 Å². The van der Waals surface area contributed by atoms with Gasteiger partial charge in [0, 0.05) is 27.7 Å². The second-order valence-electron chi connectivity index (χ2n) is 17.6. The zero-order valence-electron chi connectivity index (χ0n) is 36.7.